The summed E-state index contributed by atoms with van der Waals surface area (Å²) in [4.78, 5) is 34.7. The second-order valence-corrected chi connectivity index (χ2v) is 1.82. The molecule has 0 bridgehead atoms. The summed E-state index contributed by atoms with van der Waals surface area (Å²) in [6.07, 6.45) is -0.375. The van der Waals surface area contributed by atoms with Crippen molar-refractivity contribution >= 4 is 17.8 Å². The number of urea groups is 1. The molecule has 0 atom stereocenters. The lowest BCUT2D eigenvalue weighted by Gasteiger charge is -1.99. The topological polar surface area (TPSA) is 98.5 Å². The van der Waals surface area contributed by atoms with Gasteiger partial charge in [0, 0.05) is 0 Å². The van der Waals surface area contributed by atoms with E-state index in [1.807, 2.05) is 0 Å². The van der Waals surface area contributed by atoms with E-state index in [0.29, 0.717) is 0 Å². The van der Waals surface area contributed by atoms with Crippen molar-refractivity contribution in [2.45, 2.75) is 13.3 Å². The van der Waals surface area contributed by atoms with Crippen LogP contribution in [0.3, 0.4) is 0 Å². The predicted octanol–water partition coefficient (Wildman–Crippen LogP) is -0.908. The SMILES string of the molecule is CC(=O)CC(=O)ONC(N)=O. The number of Topliss-reactive ketones (excluding diaryl/α,β-unsaturated/α-hetero) is 1. The lowest BCUT2D eigenvalue weighted by Crippen LogP contribution is -2.32. The Labute approximate surface area is 62.6 Å². The normalized spacial score (nSPS) is 8.45. The van der Waals surface area contributed by atoms with Gasteiger partial charge < -0.3 is 10.6 Å². The van der Waals surface area contributed by atoms with Crippen molar-refractivity contribution in [1.29, 1.82) is 0 Å². The number of rotatable bonds is 2. The third-order valence-corrected chi connectivity index (χ3v) is 0.659. The van der Waals surface area contributed by atoms with Gasteiger partial charge in [-0.15, -0.1) is 0 Å². The molecule has 0 spiro atoms. The van der Waals surface area contributed by atoms with Crippen LogP contribution in [0.25, 0.3) is 0 Å². The molecule has 0 rings (SSSR count). The quantitative estimate of drug-likeness (QED) is 0.403. The fourth-order valence-electron chi connectivity index (χ4n) is 0.347. The zero-order chi connectivity index (χ0) is 8.85. The van der Waals surface area contributed by atoms with E-state index < -0.39 is 12.0 Å². The van der Waals surface area contributed by atoms with E-state index >= 15 is 0 Å². The minimum absolute atomic E-state index is 0.346. The third-order valence-electron chi connectivity index (χ3n) is 0.659. The maximum atomic E-state index is 10.4. The fraction of sp³-hybridized carbons (Fsp3) is 0.400. The Balaban J connectivity index is 3.53. The van der Waals surface area contributed by atoms with E-state index in [1.165, 1.54) is 6.92 Å². The number of nitrogens with two attached hydrogens (primary N) is 1. The number of carbonyl (C=O) groups is 3. The molecule has 6 heteroatoms. The minimum atomic E-state index is -0.984. The van der Waals surface area contributed by atoms with E-state index in [0.717, 1.165) is 0 Å². The third kappa shape index (κ3) is 6.29. The summed E-state index contributed by atoms with van der Waals surface area (Å²) in [7, 11) is 0. The van der Waals surface area contributed by atoms with Gasteiger partial charge in [-0.3, -0.25) is 4.79 Å². The van der Waals surface area contributed by atoms with E-state index in [1.54, 1.807) is 5.48 Å². The van der Waals surface area contributed by atoms with Crippen molar-refractivity contribution in [3.05, 3.63) is 0 Å². The molecule has 3 N–H and O–H groups in total. The molecule has 2 amide bonds. The Morgan fingerprint density at radius 3 is 2.36 bits per heavy atom. The molecule has 0 saturated heterocycles. The average Bonchev–Trinajstić information content (AvgIpc) is 1.82. The first kappa shape index (κ1) is 9.41. The Morgan fingerprint density at radius 1 is 1.45 bits per heavy atom. The smallest absolute Gasteiger partial charge is 0.345 e. The van der Waals surface area contributed by atoms with Crippen LogP contribution in [0.2, 0.25) is 0 Å². The zero-order valence-corrected chi connectivity index (χ0v) is 5.92. The van der Waals surface area contributed by atoms with Gasteiger partial charge in [-0.2, -0.15) is 5.48 Å². The number of primary amides is 1. The van der Waals surface area contributed by atoms with E-state index in [2.05, 4.69) is 10.6 Å². The summed E-state index contributed by atoms with van der Waals surface area (Å²) in [5.74, 6) is -1.18. The fourth-order valence-corrected chi connectivity index (χ4v) is 0.347. The summed E-state index contributed by atoms with van der Waals surface area (Å²) >= 11 is 0. The van der Waals surface area contributed by atoms with Crippen molar-refractivity contribution < 1.29 is 19.2 Å². The van der Waals surface area contributed by atoms with Crippen LogP contribution < -0.4 is 11.2 Å². The van der Waals surface area contributed by atoms with Gasteiger partial charge in [-0.1, -0.05) is 0 Å². The molecule has 0 aromatic heterocycles. The van der Waals surface area contributed by atoms with Gasteiger partial charge in [0.25, 0.3) is 0 Å². The number of ketones is 1. The maximum absolute atomic E-state index is 10.4. The number of hydrogen-bond acceptors (Lipinski definition) is 4. The molecule has 0 aliphatic rings. The molecule has 0 aromatic carbocycles. The first-order valence-electron chi connectivity index (χ1n) is 2.77. The van der Waals surface area contributed by atoms with Crippen LogP contribution in [0.5, 0.6) is 0 Å². The lowest BCUT2D eigenvalue weighted by atomic mass is 10.3. The Hall–Kier alpha value is -1.59. The minimum Gasteiger partial charge on any atom is -0.349 e. The zero-order valence-electron chi connectivity index (χ0n) is 5.92. The van der Waals surface area contributed by atoms with Crippen molar-refractivity contribution in [2.24, 2.45) is 5.73 Å². The van der Waals surface area contributed by atoms with E-state index in [9.17, 15) is 14.4 Å². The van der Waals surface area contributed by atoms with Crippen LogP contribution in [-0.2, 0) is 14.4 Å². The van der Waals surface area contributed by atoms with Crippen LogP contribution in [0, 0.1) is 0 Å². The summed E-state index contributed by atoms with van der Waals surface area (Å²) in [6.45, 7) is 1.23. The second kappa shape index (κ2) is 4.26. The number of carbonyl (C=O) groups excluding carboxylic acids is 3. The van der Waals surface area contributed by atoms with Gasteiger partial charge >= 0.3 is 12.0 Å². The molecule has 0 aliphatic heterocycles. The van der Waals surface area contributed by atoms with Gasteiger partial charge in [-0.05, 0) is 6.92 Å². The van der Waals surface area contributed by atoms with Crippen molar-refractivity contribution in [3.8, 4) is 0 Å². The van der Waals surface area contributed by atoms with Crippen molar-refractivity contribution in [1.82, 2.24) is 5.48 Å². The molecule has 62 valence electrons. The van der Waals surface area contributed by atoms with Gasteiger partial charge in [0.1, 0.15) is 12.2 Å². The largest absolute Gasteiger partial charge is 0.349 e. The second-order valence-electron chi connectivity index (χ2n) is 1.82. The predicted molar refractivity (Wildman–Crippen MR) is 34.1 cm³/mol. The highest BCUT2D eigenvalue weighted by Crippen LogP contribution is 1.84. The Kier molecular flexibility index (Phi) is 3.65. The molecular formula is C5H8N2O4. The molecule has 0 radical (unpaired) electrons. The molecule has 0 unspecified atom stereocenters. The first-order valence-corrected chi connectivity index (χ1v) is 2.77. The van der Waals surface area contributed by atoms with Crippen LogP contribution in [0.15, 0.2) is 0 Å². The highest BCUT2D eigenvalue weighted by molar-refractivity contribution is 5.94. The number of nitrogens with one attached hydrogen (secondary N) is 1. The molecule has 11 heavy (non-hydrogen) atoms. The number of hydroxylamine groups is 1. The van der Waals surface area contributed by atoms with Crippen molar-refractivity contribution in [3.63, 3.8) is 0 Å². The molecule has 0 fully saturated rings. The van der Waals surface area contributed by atoms with Crippen LogP contribution >= 0.6 is 0 Å². The average molecular weight is 160 g/mol. The molecular weight excluding hydrogens is 152 g/mol. The summed E-state index contributed by atoms with van der Waals surface area (Å²) in [5.41, 5.74) is 6.15. The van der Waals surface area contributed by atoms with Crippen molar-refractivity contribution in [2.75, 3.05) is 0 Å². The van der Waals surface area contributed by atoms with Gasteiger partial charge in [0.05, 0.1) is 0 Å². The number of hydrogen-bond donors (Lipinski definition) is 2. The first-order chi connectivity index (χ1) is 5.02. The Morgan fingerprint density at radius 2 is 2.00 bits per heavy atom. The Bertz CT molecular complexity index is 189. The summed E-state index contributed by atoms with van der Waals surface area (Å²) in [5, 5.41) is 0. The van der Waals surface area contributed by atoms with E-state index in [4.69, 9.17) is 0 Å². The monoisotopic (exact) mass is 160 g/mol. The van der Waals surface area contributed by atoms with Gasteiger partial charge in [0.15, 0.2) is 0 Å². The van der Waals surface area contributed by atoms with Crippen LogP contribution in [0.4, 0.5) is 4.79 Å². The van der Waals surface area contributed by atoms with E-state index in [-0.39, 0.29) is 12.2 Å². The standard InChI is InChI=1S/C5H8N2O4/c1-3(8)2-4(9)11-7-5(6)10/h2H2,1H3,(H3,6,7,10). The van der Waals surface area contributed by atoms with Crippen LogP contribution in [0.1, 0.15) is 13.3 Å². The van der Waals surface area contributed by atoms with Crippen LogP contribution in [-0.4, -0.2) is 17.8 Å². The highest BCUT2D eigenvalue weighted by atomic mass is 16.7. The highest BCUT2D eigenvalue weighted by Gasteiger charge is 2.06. The molecule has 0 aromatic rings. The maximum Gasteiger partial charge on any atom is 0.345 e. The summed E-state index contributed by atoms with van der Waals surface area (Å²) in [6, 6.07) is -0.984. The summed E-state index contributed by atoms with van der Waals surface area (Å²) < 4.78 is 0. The van der Waals surface area contributed by atoms with Gasteiger partial charge in [0.2, 0.25) is 0 Å². The lowest BCUT2D eigenvalue weighted by molar-refractivity contribution is -0.150. The van der Waals surface area contributed by atoms with Gasteiger partial charge in [-0.25, -0.2) is 9.59 Å². The molecule has 0 aliphatic carbocycles. The number of amides is 2. The molecule has 0 saturated carbocycles. The molecule has 6 nitrogen and oxygen atoms in total. The molecule has 0 heterocycles.